The SMILES string of the molecule is O=C(NC[C@@H](c1cccnc1)N1CCc2ccccc2C1)c1c(F)cccc1Cl. The van der Waals surface area contributed by atoms with Crippen molar-refractivity contribution in [3.05, 3.63) is 100 Å². The molecule has 4 nitrogen and oxygen atoms in total. The van der Waals surface area contributed by atoms with Crippen LogP contribution in [-0.2, 0) is 13.0 Å². The second-order valence-corrected chi connectivity index (χ2v) is 7.51. The number of fused-ring (bicyclic) bond motifs is 1. The summed E-state index contributed by atoms with van der Waals surface area (Å²) in [4.78, 5) is 19.2. The number of pyridine rings is 1. The number of aromatic nitrogens is 1. The molecule has 3 aromatic rings. The third-order valence-corrected chi connectivity index (χ3v) is 5.63. The number of carbonyl (C=O) groups is 1. The number of benzene rings is 2. The maximum Gasteiger partial charge on any atom is 0.255 e. The smallest absolute Gasteiger partial charge is 0.255 e. The molecule has 2 heterocycles. The van der Waals surface area contributed by atoms with E-state index in [1.807, 2.05) is 24.4 Å². The summed E-state index contributed by atoms with van der Waals surface area (Å²) < 4.78 is 14.1. The van der Waals surface area contributed by atoms with Gasteiger partial charge in [-0.1, -0.05) is 48.0 Å². The predicted molar refractivity (Wildman–Crippen MR) is 111 cm³/mol. The van der Waals surface area contributed by atoms with Crippen molar-refractivity contribution < 1.29 is 9.18 Å². The summed E-state index contributed by atoms with van der Waals surface area (Å²) >= 11 is 6.04. The molecular weight excluding hydrogens is 389 g/mol. The van der Waals surface area contributed by atoms with Gasteiger partial charge in [0.15, 0.2) is 0 Å². The Balaban J connectivity index is 1.55. The Morgan fingerprint density at radius 2 is 1.97 bits per heavy atom. The molecule has 4 rings (SSSR count). The predicted octanol–water partition coefficient (Wildman–Crippen LogP) is 4.40. The maximum atomic E-state index is 14.1. The number of carbonyl (C=O) groups excluding carboxylic acids is 1. The van der Waals surface area contributed by atoms with Gasteiger partial charge in [0.1, 0.15) is 5.82 Å². The lowest BCUT2D eigenvalue weighted by Crippen LogP contribution is -2.41. The fourth-order valence-electron chi connectivity index (χ4n) is 3.81. The number of halogens is 2. The Morgan fingerprint density at radius 1 is 1.14 bits per heavy atom. The molecule has 1 atom stereocenters. The fourth-order valence-corrected chi connectivity index (χ4v) is 4.06. The van der Waals surface area contributed by atoms with Crippen molar-refractivity contribution in [1.29, 1.82) is 0 Å². The molecule has 1 aliphatic heterocycles. The molecule has 1 aliphatic rings. The van der Waals surface area contributed by atoms with E-state index < -0.39 is 11.7 Å². The molecule has 1 N–H and O–H groups in total. The number of rotatable bonds is 5. The maximum absolute atomic E-state index is 14.1. The summed E-state index contributed by atoms with van der Waals surface area (Å²) in [5, 5.41) is 2.97. The summed E-state index contributed by atoms with van der Waals surface area (Å²) in [5.74, 6) is -1.14. The Labute approximate surface area is 174 Å². The number of nitrogens with one attached hydrogen (secondary N) is 1. The van der Waals surface area contributed by atoms with E-state index in [9.17, 15) is 9.18 Å². The van der Waals surface area contributed by atoms with E-state index >= 15 is 0 Å². The summed E-state index contributed by atoms with van der Waals surface area (Å²) in [5.41, 5.74) is 3.53. The highest BCUT2D eigenvalue weighted by Gasteiger charge is 2.26. The first-order valence-electron chi connectivity index (χ1n) is 9.56. The minimum Gasteiger partial charge on any atom is -0.350 e. The van der Waals surface area contributed by atoms with Crippen LogP contribution in [0, 0.1) is 5.82 Å². The van der Waals surface area contributed by atoms with Crippen molar-refractivity contribution >= 4 is 17.5 Å². The second-order valence-electron chi connectivity index (χ2n) is 7.10. The fraction of sp³-hybridized carbons (Fsp3) is 0.217. The molecule has 148 valence electrons. The molecule has 1 amide bonds. The Bertz CT molecular complexity index is 992. The van der Waals surface area contributed by atoms with Crippen molar-refractivity contribution in [2.45, 2.75) is 19.0 Å². The van der Waals surface area contributed by atoms with E-state index in [4.69, 9.17) is 11.6 Å². The Morgan fingerprint density at radius 3 is 2.72 bits per heavy atom. The number of hydrogen-bond acceptors (Lipinski definition) is 3. The van der Waals surface area contributed by atoms with Crippen LogP contribution in [0.5, 0.6) is 0 Å². The van der Waals surface area contributed by atoms with Gasteiger partial charge < -0.3 is 5.32 Å². The normalized spacial score (nSPS) is 14.8. The van der Waals surface area contributed by atoms with Gasteiger partial charge in [-0.25, -0.2) is 4.39 Å². The van der Waals surface area contributed by atoms with E-state index in [1.54, 1.807) is 6.20 Å². The van der Waals surface area contributed by atoms with Crippen LogP contribution in [-0.4, -0.2) is 28.9 Å². The lowest BCUT2D eigenvalue weighted by Gasteiger charge is -2.36. The third-order valence-electron chi connectivity index (χ3n) is 5.32. The molecule has 2 aromatic carbocycles. The zero-order valence-corrected chi connectivity index (χ0v) is 16.6. The largest absolute Gasteiger partial charge is 0.350 e. The molecular formula is C23H21ClFN3O. The zero-order valence-electron chi connectivity index (χ0n) is 15.8. The lowest BCUT2D eigenvalue weighted by atomic mass is 9.97. The van der Waals surface area contributed by atoms with Gasteiger partial charge in [0, 0.05) is 32.0 Å². The van der Waals surface area contributed by atoms with Crippen LogP contribution in [0.1, 0.15) is 33.1 Å². The van der Waals surface area contributed by atoms with Crippen LogP contribution in [0.2, 0.25) is 5.02 Å². The monoisotopic (exact) mass is 409 g/mol. The average Bonchev–Trinajstić information content (AvgIpc) is 2.74. The Hall–Kier alpha value is -2.76. The minimum absolute atomic E-state index is 0.0773. The first-order chi connectivity index (χ1) is 14.1. The van der Waals surface area contributed by atoms with E-state index in [-0.39, 0.29) is 16.6 Å². The van der Waals surface area contributed by atoms with Gasteiger partial charge in [-0.3, -0.25) is 14.7 Å². The minimum atomic E-state index is -0.625. The van der Waals surface area contributed by atoms with Gasteiger partial charge in [0.2, 0.25) is 0 Å². The quantitative estimate of drug-likeness (QED) is 0.679. The highest BCUT2D eigenvalue weighted by atomic mass is 35.5. The van der Waals surface area contributed by atoms with E-state index in [1.165, 1.54) is 29.3 Å². The molecule has 0 saturated heterocycles. The molecule has 0 spiro atoms. The van der Waals surface area contributed by atoms with Crippen molar-refractivity contribution in [3.8, 4) is 0 Å². The van der Waals surface area contributed by atoms with Gasteiger partial charge in [0.25, 0.3) is 5.91 Å². The molecule has 0 fully saturated rings. The number of amides is 1. The van der Waals surface area contributed by atoms with E-state index in [2.05, 4.69) is 33.4 Å². The van der Waals surface area contributed by atoms with Crippen molar-refractivity contribution in [2.75, 3.05) is 13.1 Å². The molecule has 0 radical (unpaired) electrons. The molecule has 0 aliphatic carbocycles. The van der Waals surface area contributed by atoms with Gasteiger partial charge in [-0.05, 0) is 41.3 Å². The molecule has 6 heteroatoms. The second kappa shape index (κ2) is 8.72. The highest BCUT2D eigenvalue weighted by molar-refractivity contribution is 6.33. The average molecular weight is 410 g/mol. The summed E-state index contributed by atoms with van der Waals surface area (Å²) in [6.45, 7) is 1.98. The molecule has 0 bridgehead atoms. The molecule has 0 unspecified atom stereocenters. The van der Waals surface area contributed by atoms with Crippen molar-refractivity contribution in [1.82, 2.24) is 15.2 Å². The first kappa shape index (κ1) is 19.6. The van der Waals surface area contributed by atoms with Gasteiger partial charge >= 0.3 is 0 Å². The van der Waals surface area contributed by atoms with E-state index in [0.29, 0.717) is 6.54 Å². The third kappa shape index (κ3) is 4.31. The van der Waals surface area contributed by atoms with Crippen LogP contribution < -0.4 is 5.32 Å². The van der Waals surface area contributed by atoms with Crippen molar-refractivity contribution in [3.63, 3.8) is 0 Å². The van der Waals surface area contributed by atoms with Gasteiger partial charge in [0.05, 0.1) is 16.6 Å². The van der Waals surface area contributed by atoms with Gasteiger partial charge in [-0.2, -0.15) is 0 Å². The summed E-state index contributed by atoms with van der Waals surface area (Å²) in [6.07, 6.45) is 4.48. The highest BCUT2D eigenvalue weighted by Crippen LogP contribution is 2.27. The van der Waals surface area contributed by atoms with Crippen LogP contribution in [0.4, 0.5) is 4.39 Å². The standard InChI is InChI=1S/C23H21ClFN3O/c24-19-8-3-9-20(25)22(19)23(29)27-14-21(17-7-4-11-26-13-17)28-12-10-16-5-1-2-6-18(16)15-28/h1-9,11,13,21H,10,12,14-15H2,(H,27,29)/t21-/m0/s1. The lowest BCUT2D eigenvalue weighted by molar-refractivity contribution is 0.0924. The topological polar surface area (TPSA) is 45.2 Å². The van der Waals surface area contributed by atoms with Gasteiger partial charge in [-0.15, -0.1) is 0 Å². The molecule has 0 saturated carbocycles. The van der Waals surface area contributed by atoms with Crippen LogP contribution in [0.25, 0.3) is 0 Å². The Kier molecular flexibility index (Phi) is 5.88. The zero-order chi connectivity index (χ0) is 20.2. The molecule has 29 heavy (non-hydrogen) atoms. The number of nitrogens with zero attached hydrogens (tertiary/aromatic N) is 2. The van der Waals surface area contributed by atoms with Crippen molar-refractivity contribution in [2.24, 2.45) is 0 Å². The number of hydrogen-bond donors (Lipinski definition) is 1. The first-order valence-corrected chi connectivity index (χ1v) is 9.94. The van der Waals surface area contributed by atoms with Crippen LogP contribution >= 0.6 is 11.6 Å². The van der Waals surface area contributed by atoms with Crippen LogP contribution in [0.3, 0.4) is 0 Å². The van der Waals surface area contributed by atoms with Crippen LogP contribution in [0.15, 0.2) is 67.0 Å². The summed E-state index contributed by atoms with van der Waals surface area (Å²) in [7, 11) is 0. The summed E-state index contributed by atoms with van der Waals surface area (Å²) in [6, 6.07) is 16.4. The van der Waals surface area contributed by atoms with E-state index in [0.717, 1.165) is 25.1 Å². The molecule has 1 aromatic heterocycles.